The Labute approximate surface area is 126 Å². The van der Waals surface area contributed by atoms with Crippen LogP contribution in [-0.4, -0.2) is 25.3 Å². The molecule has 4 nitrogen and oxygen atoms in total. The largest absolute Gasteiger partial charge is 0.444 e. The molecule has 114 valence electrons. The molecule has 4 heteroatoms. The highest BCUT2D eigenvalue weighted by Crippen LogP contribution is 2.31. The van der Waals surface area contributed by atoms with Crippen molar-refractivity contribution in [2.45, 2.75) is 44.6 Å². The van der Waals surface area contributed by atoms with E-state index in [1.54, 1.807) is 0 Å². The van der Waals surface area contributed by atoms with Gasteiger partial charge in [0, 0.05) is 18.7 Å². The summed E-state index contributed by atoms with van der Waals surface area (Å²) in [7, 11) is 0. The molecule has 1 aromatic carbocycles. The van der Waals surface area contributed by atoms with Crippen molar-refractivity contribution < 1.29 is 9.53 Å². The van der Waals surface area contributed by atoms with E-state index < -0.39 is 6.09 Å². The molecule has 0 spiro atoms. The van der Waals surface area contributed by atoms with Crippen LogP contribution in [0.5, 0.6) is 0 Å². The van der Waals surface area contributed by atoms with E-state index >= 15 is 0 Å². The molecular weight excluding hydrogens is 264 g/mol. The highest BCUT2D eigenvalue weighted by molar-refractivity contribution is 5.65. The van der Waals surface area contributed by atoms with Gasteiger partial charge in [0.25, 0.3) is 0 Å². The molecule has 1 aliphatic carbocycles. The minimum absolute atomic E-state index is 0.124. The zero-order valence-electron chi connectivity index (χ0n) is 12.5. The van der Waals surface area contributed by atoms with Gasteiger partial charge in [0.2, 0.25) is 0 Å². The second kappa shape index (κ2) is 6.37. The minimum Gasteiger partial charge on any atom is -0.444 e. The fourth-order valence-electron chi connectivity index (χ4n) is 3.74. The van der Waals surface area contributed by atoms with Gasteiger partial charge in [-0.05, 0) is 30.4 Å². The van der Waals surface area contributed by atoms with Crippen molar-refractivity contribution in [2.24, 2.45) is 11.7 Å². The molecule has 3 rings (SSSR count). The van der Waals surface area contributed by atoms with Crippen LogP contribution in [-0.2, 0) is 11.2 Å². The second-order valence-corrected chi connectivity index (χ2v) is 6.30. The number of benzene rings is 1. The predicted octanol–water partition coefficient (Wildman–Crippen LogP) is 3.09. The highest BCUT2D eigenvalue weighted by Gasteiger charge is 2.28. The number of amides is 1. The summed E-state index contributed by atoms with van der Waals surface area (Å²) in [5, 5.41) is 0. The molecule has 0 aromatic heterocycles. The number of nitrogens with zero attached hydrogens (tertiary/aromatic N) is 1. The Morgan fingerprint density at radius 3 is 2.76 bits per heavy atom. The molecule has 1 saturated carbocycles. The van der Waals surface area contributed by atoms with Crippen molar-refractivity contribution in [1.82, 2.24) is 0 Å². The lowest BCUT2D eigenvalue weighted by molar-refractivity contribution is 0.106. The number of carbonyl (C=O) groups excluding carboxylic acids is 1. The van der Waals surface area contributed by atoms with Gasteiger partial charge in [0.15, 0.2) is 0 Å². The molecule has 1 aromatic rings. The summed E-state index contributed by atoms with van der Waals surface area (Å²) >= 11 is 0. The number of fused-ring (bicyclic) bond motifs is 1. The lowest BCUT2D eigenvalue weighted by atomic mass is 9.88. The van der Waals surface area contributed by atoms with Gasteiger partial charge in [-0.15, -0.1) is 0 Å². The number of carbonyl (C=O) groups is 1. The average Bonchev–Trinajstić information content (AvgIpc) is 2.47. The molecule has 2 N–H and O–H groups in total. The van der Waals surface area contributed by atoms with E-state index in [4.69, 9.17) is 10.5 Å². The SMILES string of the molecule is NC(=O)OC1Cc2ccccc2N(CC2CCCCC2)C1. The monoisotopic (exact) mass is 288 g/mol. The number of anilines is 1. The molecule has 21 heavy (non-hydrogen) atoms. The first-order valence-electron chi connectivity index (χ1n) is 8.01. The van der Waals surface area contributed by atoms with Gasteiger partial charge >= 0.3 is 6.09 Å². The molecule has 2 aliphatic rings. The Morgan fingerprint density at radius 1 is 1.24 bits per heavy atom. The van der Waals surface area contributed by atoms with E-state index in [2.05, 4.69) is 23.1 Å². The van der Waals surface area contributed by atoms with Crippen molar-refractivity contribution in [1.29, 1.82) is 0 Å². The Morgan fingerprint density at radius 2 is 2.00 bits per heavy atom. The normalized spacial score (nSPS) is 22.7. The molecule has 0 saturated heterocycles. The molecule has 1 unspecified atom stereocenters. The van der Waals surface area contributed by atoms with Crippen molar-refractivity contribution in [3.63, 3.8) is 0 Å². The first-order chi connectivity index (χ1) is 10.2. The van der Waals surface area contributed by atoms with E-state index in [-0.39, 0.29) is 6.10 Å². The number of hydrogen-bond acceptors (Lipinski definition) is 3. The Bertz CT molecular complexity index is 497. The Hall–Kier alpha value is -1.71. The number of hydrogen-bond donors (Lipinski definition) is 1. The van der Waals surface area contributed by atoms with Crippen LogP contribution in [0.2, 0.25) is 0 Å². The van der Waals surface area contributed by atoms with E-state index in [0.717, 1.165) is 25.4 Å². The molecular formula is C17H24N2O2. The van der Waals surface area contributed by atoms with E-state index in [9.17, 15) is 4.79 Å². The van der Waals surface area contributed by atoms with Crippen LogP contribution in [0.4, 0.5) is 10.5 Å². The van der Waals surface area contributed by atoms with Crippen LogP contribution in [0.15, 0.2) is 24.3 Å². The maximum atomic E-state index is 11.1. The van der Waals surface area contributed by atoms with Crippen molar-refractivity contribution in [3.05, 3.63) is 29.8 Å². The third kappa shape index (κ3) is 3.49. The summed E-state index contributed by atoms with van der Waals surface area (Å²) in [6.07, 6.45) is 6.68. The zero-order valence-corrected chi connectivity index (χ0v) is 12.5. The molecule has 0 radical (unpaired) electrons. The lowest BCUT2D eigenvalue weighted by Gasteiger charge is -2.38. The van der Waals surface area contributed by atoms with E-state index in [1.807, 2.05) is 6.07 Å². The van der Waals surface area contributed by atoms with Crippen LogP contribution < -0.4 is 10.6 Å². The fourth-order valence-corrected chi connectivity index (χ4v) is 3.74. The van der Waals surface area contributed by atoms with E-state index in [0.29, 0.717) is 0 Å². The van der Waals surface area contributed by atoms with Gasteiger partial charge < -0.3 is 15.4 Å². The van der Waals surface area contributed by atoms with Gasteiger partial charge in [-0.2, -0.15) is 0 Å². The first-order valence-corrected chi connectivity index (χ1v) is 8.01. The molecule has 1 aliphatic heterocycles. The summed E-state index contributed by atoms with van der Waals surface area (Å²) in [6.45, 7) is 1.83. The number of para-hydroxylation sites is 1. The van der Waals surface area contributed by atoms with Gasteiger partial charge in [-0.3, -0.25) is 0 Å². The van der Waals surface area contributed by atoms with E-state index in [1.165, 1.54) is 43.4 Å². The third-order valence-corrected chi connectivity index (χ3v) is 4.69. The lowest BCUT2D eigenvalue weighted by Crippen LogP contribution is -2.44. The first kappa shape index (κ1) is 14.2. The summed E-state index contributed by atoms with van der Waals surface area (Å²) in [5.41, 5.74) is 7.75. The van der Waals surface area contributed by atoms with Crippen LogP contribution in [0.1, 0.15) is 37.7 Å². The minimum atomic E-state index is -0.669. The maximum Gasteiger partial charge on any atom is 0.404 e. The molecule has 0 bridgehead atoms. The Balaban J connectivity index is 1.75. The van der Waals surface area contributed by atoms with Crippen LogP contribution in [0, 0.1) is 5.92 Å². The topological polar surface area (TPSA) is 55.6 Å². The smallest absolute Gasteiger partial charge is 0.404 e. The zero-order chi connectivity index (χ0) is 14.7. The third-order valence-electron chi connectivity index (χ3n) is 4.69. The maximum absolute atomic E-state index is 11.1. The van der Waals surface area contributed by atoms with Gasteiger partial charge in [0.05, 0.1) is 6.54 Å². The van der Waals surface area contributed by atoms with Crippen LogP contribution >= 0.6 is 0 Å². The number of rotatable bonds is 3. The quantitative estimate of drug-likeness (QED) is 0.930. The number of nitrogens with two attached hydrogens (primary N) is 1. The second-order valence-electron chi connectivity index (χ2n) is 6.30. The Kier molecular flexibility index (Phi) is 4.32. The molecule has 1 fully saturated rings. The average molecular weight is 288 g/mol. The number of primary amides is 1. The summed E-state index contributed by atoms with van der Waals surface area (Å²) in [6, 6.07) is 8.44. The van der Waals surface area contributed by atoms with Crippen LogP contribution in [0.25, 0.3) is 0 Å². The standard InChI is InChI=1S/C17H24N2O2/c18-17(20)21-15-10-14-8-4-5-9-16(14)19(12-15)11-13-6-2-1-3-7-13/h4-5,8-9,13,15H,1-3,6-7,10-12H2,(H2,18,20). The number of ether oxygens (including phenoxy) is 1. The summed E-state index contributed by atoms with van der Waals surface area (Å²) < 4.78 is 5.26. The molecule has 1 amide bonds. The predicted molar refractivity (Wildman–Crippen MR) is 83.4 cm³/mol. The van der Waals surface area contributed by atoms with Crippen molar-refractivity contribution in [3.8, 4) is 0 Å². The summed E-state index contributed by atoms with van der Waals surface area (Å²) in [5.74, 6) is 0.763. The summed E-state index contributed by atoms with van der Waals surface area (Å²) in [4.78, 5) is 13.4. The van der Waals surface area contributed by atoms with Crippen molar-refractivity contribution in [2.75, 3.05) is 18.0 Å². The molecule has 1 heterocycles. The van der Waals surface area contributed by atoms with Gasteiger partial charge in [0.1, 0.15) is 6.10 Å². The van der Waals surface area contributed by atoms with Crippen molar-refractivity contribution >= 4 is 11.8 Å². The van der Waals surface area contributed by atoms with Gasteiger partial charge in [-0.25, -0.2) is 4.79 Å². The van der Waals surface area contributed by atoms with Crippen LogP contribution in [0.3, 0.4) is 0 Å². The highest BCUT2D eigenvalue weighted by atomic mass is 16.6. The van der Waals surface area contributed by atoms with Gasteiger partial charge in [-0.1, -0.05) is 37.5 Å². The fraction of sp³-hybridized carbons (Fsp3) is 0.588. The molecule has 1 atom stereocenters.